The van der Waals surface area contributed by atoms with Crippen LogP contribution < -0.4 is 16.6 Å². The van der Waals surface area contributed by atoms with Gasteiger partial charge in [-0.1, -0.05) is 18.1 Å². The molecule has 0 radical (unpaired) electrons. The second-order valence-electron chi connectivity index (χ2n) is 7.48. The number of aromatic nitrogens is 4. The van der Waals surface area contributed by atoms with Crippen LogP contribution in [0, 0.1) is 12.7 Å². The van der Waals surface area contributed by atoms with Crippen LogP contribution in [0.15, 0.2) is 32.3 Å². The highest BCUT2D eigenvalue weighted by Crippen LogP contribution is 2.22. The summed E-state index contributed by atoms with van der Waals surface area (Å²) in [5.74, 6) is -0.592. The summed E-state index contributed by atoms with van der Waals surface area (Å²) in [6, 6.07) is 4.27. The number of nitrogens with zero attached hydrogens (tertiary/aromatic N) is 4. The van der Waals surface area contributed by atoms with Crippen molar-refractivity contribution in [2.24, 2.45) is 0 Å². The molecule has 1 aliphatic heterocycles. The number of hydrogen-bond acceptors (Lipinski definition) is 6. The number of amides is 1. The van der Waals surface area contributed by atoms with Crippen molar-refractivity contribution in [3.63, 3.8) is 0 Å². The average Bonchev–Trinajstić information content (AvgIpc) is 3.23. The molecule has 0 spiro atoms. The van der Waals surface area contributed by atoms with E-state index in [1.54, 1.807) is 13.0 Å². The second-order valence-corrected chi connectivity index (χ2v) is 7.48. The molecule has 10 heteroatoms. The zero-order chi connectivity index (χ0) is 22.1. The van der Waals surface area contributed by atoms with Crippen LogP contribution in [0.4, 0.5) is 10.1 Å². The van der Waals surface area contributed by atoms with Crippen molar-refractivity contribution < 1.29 is 13.7 Å². The zero-order valence-electron chi connectivity index (χ0n) is 17.3. The van der Waals surface area contributed by atoms with E-state index in [-0.39, 0.29) is 17.1 Å². The largest absolute Gasteiger partial charge is 0.339 e. The molecule has 3 aromatic rings. The summed E-state index contributed by atoms with van der Waals surface area (Å²) in [5.41, 5.74) is 0.210. The predicted octanol–water partition coefficient (Wildman–Crippen LogP) is 2.04. The lowest BCUT2D eigenvalue weighted by molar-refractivity contribution is -0.116. The van der Waals surface area contributed by atoms with E-state index in [1.165, 1.54) is 16.7 Å². The van der Waals surface area contributed by atoms with Gasteiger partial charge in [-0.05, 0) is 43.9 Å². The van der Waals surface area contributed by atoms with E-state index in [4.69, 9.17) is 4.52 Å². The third-order valence-corrected chi connectivity index (χ3v) is 5.33. The summed E-state index contributed by atoms with van der Waals surface area (Å²) in [5, 5.41) is 6.43. The molecule has 0 fully saturated rings. The number of benzene rings is 1. The predicted molar refractivity (Wildman–Crippen MR) is 110 cm³/mol. The molecule has 3 heterocycles. The number of anilines is 1. The monoisotopic (exact) mass is 427 g/mol. The molecular formula is C21H22FN5O4. The molecule has 4 rings (SSSR count). The number of fused-ring (bicyclic) bond motifs is 1. The van der Waals surface area contributed by atoms with Gasteiger partial charge in [0.1, 0.15) is 17.9 Å². The number of halogens is 1. The van der Waals surface area contributed by atoms with E-state index in [9.17, 15) is 18.8 Å². The topological polar surface area (TPSA) is 112 Å². The molecule has 1 aromatic carbocycles. The smallest absolute Gasteiger partial charge is 0.331 e. The van der Waals surface area contributed by atoms with Crippen LogP contribution in [-0.2, 0) is 30.7 Å². The number of nitrogens with one attached hydrogen (secondary N) is 1. The van der Waals surface area contributed by atoms with Crippen LogP contribution in [0.1, 0.15) is 36.9 Å². The molecule has 0 saturated heterocycles. The minimum absolute atomic E-state index is 0.113. The van der Waals surface area contributed by atoms with Crippen LogP contribution >= 0.6 is 0 Å². The lowest BCUT2D eigenvalue weighted by Crippen LogP contribution is -2.45. The van der Waals surface area contributed by atoms with Gasteiger partial charge in [0.15, 0.2) is 0 Å². The summed E-state index contributed by atoms with van der Waals surface area (Å²) < 4.78 is 21.3. The van der Waals surface area contributed by atoms with Gasteiger partial charge in [0.2, 0.25) is 17.6 Å². The van der Waals surface area contributed by atoms with Gasteiger partial charge in [0.05, 0.1) is 0 Å². The highest BCUT2D eigenvalue weighted by Gasteiger charge is 2.26. The normalized spacial score (nSPS) is 13.1. The van der Waals surface area contributed by atoms with Crippen molar-refractivity contribution in [1.29, 1.82) is 0 Å². The lowest BCUT2D eigenvalue weighted by Gasteiger charge is -2.21. The fourth-order valence-corrected chi connectivity index (χ4v) is 3.67. The van der Waals surface area contributed by atoms with Crippen molar-refractivity contribution >= 4 is 11.6 Å². The van der Waals surface area contributed by atoms with Gasteiger partial charge in [-0.3, -0.25) is 18.7 Å². The molecule has 0 saturated carbocycles. The third kappa shape index (κ3) is 3.92. The van der Waals surface area contributed by atoms with E-state index < -0.39 is 29.5 Å². The zero-order valence-corrected chi connectivity index (χ0v) is 17.3. The molecule has 0 aliphatic carbocycles. The van der Waals surface area contributed by atoms with Gasteiger partial charge >= 0.3 is 5.69 Å². The van der Waals surface area contributed by atoms with Crippen LogP contribution in [0.25, 0.3) is 11.4 Å². The van der Waals surface area contributed by atoms with Gasteiger partial charge in [-0.15, -0.1) is 0 Å². The van der Waals surface area contributed by atoms with Crippen molar-refractivity contribution in [1.82, 2.24) is 19.3 Å². The molecule has 1 amide bonds. The van der Waals surface area contributed by atoms with E-state index in [0.29, 0.717) is 36.5 Å². The Balaban J connectivity index is 1.74. The number of carbonyl (C=O) groups is 1. The quantitative estimate of drug-likeness (QED) is 0.667. The molecule has 0 unspecified atom stereocenters. The van der Waals surface area contributed by atoms with Gasteiger partial charge in [0, 0.05) is 24.3 Å². The van der Waals surface area contributed by atoms with Crippen LogP contribution in [0.5, 0.6) is 0 Å². The maximum absolute atomic E-state index is 13.8. The number of hydrogen-bond donors (Lipinski definition) is 1. The van der Waals surface area contributed by atoms with E-state index in [2.05, 4.69) is 15.5 Å². The highest BCUT2D eigenvalue weighted by atomic mass is 19.1. The Morgan fingerprint density at radius 1 is 1.29 bits per heavy atom. The first-order valence-electron chi connectivity index (χ1n) is 10.1. The first kappa shape index (κ1) is 20.7. The molecule has 0 atom stereocenters. The van der Waals surface area contributed by atoms with Crippen LogP contribution in [0.2, 0.25) is 0 Å². The summed E-state index contributed by atoms with van der Waals surface area (Å²) in [4.78, 5) is 43.0. The van der Waals surface area contributed by atoms with Crippen molar-refractivity contribution in [3.05, 3.63) is 62.0 Å². The van der Waals surface area contributed by atoms with Crippen molar-refractivity contribution in [2.75, 3.05) is 5.32 Å². The Bertz CT molecular complexity index is 1270. The molecule has 1 aliphatic rings. The van der Waals surface area contributed by atoms with Crippen LogP contribution in [-0.4, -0.2) is 25.2 Å². The van der Waals surface area contributed by atoms with Crippen molar-refractivity contribution in [2.45, 2.75) is 52.6 Å². The first-order valence-corrected chi connectivity index (χ1v) is 10.1. The van der Waals surface area contributed by atoms with E-state index in [1.807, 2.05) is 6.92 Å². The average molecular weight is 427 g/mol. The minimum atomic E-state index is -0.646. The maximum Gasteiger partial charge on any atom is 0.331 e. The Labute approximate surface area is 176 Å². The Kier molecular flexibility index (Phi) is 5.53. The molecule has 31 heavy (non-hydrogen) atoms. The fraction of sp³-hybridized carbons (Fsp3) is 0.381. The molecule has 2 aromatic heterocycles. The van der Waals surface area contributed by atoms with E-state index in [0.717, 1.165) is 17.4 Å². The van der Waals surface area contributed by atoms with Gasteiger partial charge in [-0.2, -0.15) is 4.98 Å². The molecule has 9 nitrogen and oxygen atoms in total. The lowest BCUT2D eigenvalue weighted by atomic mass is 10.0. The summed E-state index contributed by atoms with van der Waals surface area (Å²) in [6.07, 6.45) is 2.65. The third-order valence-electron chi connectivity index (χ3n) is 5.33. The number of rotatable bonds is 5. The summed E-state index contributed by atoms with van der Waals surface area (Å²) >= 11 is 0. The highest BCUT2D eigenvalue weighted by molar-refractivity contribution is 5.90. The number of aryl methyl sites for hydroxylation is 2. The molecule has 1 N–H and O–H groups in total. The molecular weight excluding hydrogens is 405 g/mol. The fourth-order valence-electron chi connectivity index (χ4n) is 3.67. The Hall–Kier alpha value is -3.56. The molecule has 162 valence electrons. The summed E-state index contributed by atoms with van der Waals surface area (Å²) in [6.45, 7) is 3.38. The Morgan fingerprint density at radius 2 is 2.10 bits per heavy atom. The number of carbonyl (C=O) groups excluding carboxylic acids is 1. The van der Waals surface area contributed by atoms with Gasteiger partial charge < -0.3 is 9.84 Å². The maximum atomic E-state index is 13.8. The van der Waals surface area contributed by atoms with E-state index >= 15 is 0 Å². The van der Waals surface area contributed by atoms with Crippen LogP contribution in [0.3, 0.4) is 0 Å². The second kappa shape index (κ2) is 8.29. The molecule has 0 bridgehead atoms. The summed E-state index contributed by atoms with van der Waals surface area (Å²) in [7, 11) is 0. The van der Waals surface area contributed by atoms with Crippen molar-refractivity contribution in [3.8, 4) is 11.4 Å². The minimum Gasteiger partial charge on any atom is -0.339 e. The SMILES string of the molecule is CCc1nc(-c2c3n(c(=O)n(CC(=O)Nc4ccc(C)c(F)c4)c2=O)CCCC3)no1. The first-order chi connectivity index (χ1) is 14.9. The Morgan fingerprint density at radius 3 is 2.81 bits per heavy atom. The van der Waals surface area contributed by atoms with Gasteiger partial charge in [-0.25, -0.2) is 9.18 Å². The van der Waals surface area contributed by atoms with Gasteiger partial charge in [0.25, 0.3) is 5.56 Å². The standard InChI is InChI=1S/C21H22FN5O4/c1-3-17-24-19(25-31-17)18-15-6-4-5-9-26(15)21(30)27(20(18)29)11-16(28)23-13-8-7-12(2)14(22)10-13/h7-8,10H,3-6,9,11H2,1-2H3,(H,23,28).